The molecule has 0 aromatic carbocycles. The third-order valence-corrected chi connectivity index (χ3v) is 6.35. The Bertz CT molecular complexity index is 231. The van der Waals surface area contributed by atoms with Crippen LogP contribution in [-0.2, 0) is 4.57 Å². The molecular formula is C16H35O2P. The lowest BCUT2D eigenvalue weighted by Gasteiger charge is -2.23. The summed E-state index contributed by atoms with van der Waals surface area (Å²) >= 11 is 0. The molecule has 0 radical (unpaired) electrons. The molecule has 19 heavy (non-hydrogen) atoms. The average molecular weight is 290 g/mol. The van der Waals surface area contributed by atoms with Crippen LogP contribution in [0.3, 0.4) is 0 Å². The van der Waals surface area contributed by atoms with Crippen LogP contribution in [0.25, 0.3) is 0 Å². The predicted octanol–water partition coefficient (Wildman–Crippen LogP) is 5.69. The van der Waals surface area contributed by atoms with Gasteiger partial charge in [0.05, 0.1) is 0 Å². The molecule has 0 amide bonds. The zero-order chi connectivity index (χ0) is 14.7. The van der Waals surface area contributed by atoms with E-state index >= 15 is 0 Å². The number of unbranched alkanes of at least 4 members (excludes halogenated alkanes) is 2. The van der Waals surface area contributed by atoms with Crippen LogP contribution < -0.4 is 0 Å². The molecule has 0 aliphatic carbocycles. The minimum absolute atomic E-state index is 0.444. The van der Waals surface area contributed by atoms with Crippen LogP contribution in [0.15, 0.2) is 0 Å². The van der Waals surface area contributed by atoms with E-state index in [4.69, 9.17) is 0 Å². The number of hydrogen-bond donors (Lipinski definition) is 1. The first-order valence-corrected chi connectivity index (χ1v) is 10.3. The smallest absolute Gasteiger partial charge is 0.201 e. The van der Waals surface area contributed by atoms with Crippen molar-refractivity contribution in [3.8, 4) is 0 Å². The number of rotatable bonds is 12. The summed E-state index contributed by atoms with van der Waals surface area (Å²) in [4.78, 5) is 10.3. The standard InChI is InChI=1S/C16H35O2P/c1-5-9-11-15(7-3)13-19(17,18)14-16(8-4)12-10-6-2/h15-16H,5-14H2,1-4H3,(H,17,18). The first-order chi connectivity index (χ1) is 8.99. The van der Waals surface area contributed by atoms with Gasteiger partial charge in [0.25, 0.3) is 0 Å². The summed E-state index contributed by atoms with van der Waals surface area (Å²) in [5, 5.41) is 0. The van der Waals surface area contributed by atoms with Crippen molar-refractivity contribution in [2.45, 2.75) is 79.1 Å². The fourth-order valence-corrected chi connectivity index (χ4v) is 5.36. The van der Waals surface area contributed by atoms with E-state index in [1.165, 1.54) is 25.7 Å². The molecule has 0 saturated heterocycles. The Hall–Kier alpha value is 0.190. The van der Waals surface area contributed by atoms with Gasteiger partial charge in [-0.3, -0.25) is 4.57 Å². The molecule has 0 heterocycles. The first-order valence-electron chi connectivity index (χ1n) is 8.29. The molecular weight excluding hydrogens is 255 g/mol. The summed E-state index contributed by atoms with van der Waals surface area (Å²) in [6.45, 7) is 8.66. The third-order valence-electron chi connectivity index (χ3n) is 4.17. The van der Waals surface area contributed by atoms with Gasteiger partial charge in [-0.2, -0.15) is 0 Å². The van der Waals surface area contributed by atoms with E-state index in [9.17, 15) is 9.46 Å². The Morgan fingerprint density at radius 2 is 1.21 bits per heavy atom. The van der Waals surface area contributed by atoms with Crippen LogP contribution in [0.5, 0.6) is 0 Å². The molecule has 2 nitrogen and oxygen atoms in total. The van der Waals surface area contributed by atoms with Crippen molar-refractivity contribution < 1.29 is 9.46 Å². The van der Waals surface area contributed by atoms with Crippen LogP contribution in [-0.4, -0.2) is 17.2 Å². The lowest BCUT2D eigenvalue weighted by molar-refractivity contribution is 0.414. The van der Waals surface area contributed by atoms with E-state index < -0.39 is 7.37 Å². The van der Waals surface area contributed by atoms with Gasteiger partial charge in [-0.15, -0.1) is 0 Å². The molecule has 3 heteroatoms. The summed E-state index contributed by atoms with van der Waals surface area (Å²) < 4.78 is 12.4. The van der Waals surface area contributed by atoms with Gasteiger partial charge in [-0.25, -0.2) is 0 Å². The molecule has 0 spiro atoms. The van der Waals surface area contributed by atoms with Gasteiger partial charge < -0.3 is 4.89 Å². The fourth-order valence-electron chi connectivity index (χ4n) is 2.72. The van der Waals surface area contributed by atoms with Gasteiger partial charge in [0.15, 0.2) is 0 Å². The highest BCUT2D eigenvalue weighted by molar-refractivity contribution is 7.58. The van der Waals surface area contributed by atoms with Crippen LogP contribution in [0.2, 0.25) is 0 Å². The minimum atomic E-state index is -2.92. The zero-order valence-electron chi connectivity index (χ0n) is 13.5. The van der Waals surface area contributed by atoms with Crippen molar-refractivity contribution in [2.24, 2.45) is 11.8 Å². The van der Waals surface area contributed by atoms with Gasteiger partial charge in [-0.1, -0.05) is 66.2 Å². The normalized spacial score (nSPS) is 17.9. The van der Waals surface area contributed by atoms with Crippen molar-refractivity contribution >= 4 is 7.37 Å². The van der Waals surface area contributed by atoms with Gasteiger partial charge in [0.1, 0.15) is 0 Å². The third kappa shape index (κ3) is 9.68. The molecule has 0 bridgehead atoms. The second-order valence-electron chi connectivity index (χ2n) is 6.04. The zero-order valence-corrected chi connectivity index (χ0v) is 14.4. The second-order valence-corrected chi connectivity index (χ2v) is 8.47. The van der Waals surface area contributed by atoms with Crippen LogP contribution in [0, 0.1) is 11.8 Å². The van der Waals surface area contributed by atoms with E-state index in [1.807, 2.05) is 0 Å². The van der Waals surface area contributed by atoms with Crippen molar-refractivity contribution in [3.05, 3.63) is 0 Å². The summed E-state index contributed by atoms with van der Waals surface area (Å²) in [7, 11) is -2.92. The summed E-state index contributed by atoms with van der Waals surface area (Å²) in [6, 6.07) is 0. The summed E-state index contributed by atoms with van der Waals surface area (Å²) in [5.74, 6) is 0.888. The second kappa shape index (κ2) is 10.9. The van der Waals surface area contributed by atoms with Gasteiger partial charge in [-0.05, 0) is 24.7 Å². The lowest BCUT2D eigenvalue weighted by Crippen LogP contribution is -2.13. The predicted molar refractivity (Wildman–Crippen MR) is 86.2 cm³/mol. The van der Waals surface area contributed by atoms with E-state index in [1.54, 1.807) is 0 Å². The van der Waals surface area contributed by atoms with Gasteiger partial charge >= 0.3 is 0 Å². The molecule has 2 atom stereocenters. The SMILES string of the molecule is CCCCC(CC)CP(=O)(O)CC(CC)CCCC. The summed E-state index contributed by atoms with van der Waals surface area (Å²) in [5.41, 5.74) is 0. The fraction of sp³-hybridized carbons (Fsp3) is 1.00. The van der Waals surface area contributed by atoms with Crippen molar-refractivity contribution in [1.82, 2.24) is 0 Å². The largest absolute Gasteiger partial charge is 0.344 e. The molecule has 0 fully saturated rings. The molecule has 1 N–H and O–H groups in total. The van der Waals surface area contributed by atoms with Gasteiger partial charge in [0, 0.05) is 12.3 Å². The highest BCUT2D eigenvalue weighted by Gasteiger charge is 2.26. The molecule has 0 aliphatic heterocycles. The first kappa shape index (κ1) is 19.2. The Balaban J connectivity index is 4.29. The molecule has 0 saturated carbocycles. The van der Waals surface area contributed by atoms with E-state index in [2.05, 4.69) is 27.7 Å². The highest BCUT2D eigenvalue weighted by Crippen LogP contribution is 2.47. The van der Waals surface area contributed by atoms with E-state index in [0.717, 1.165) is 25.7 Å². The highest BCUT2D eigenvalue weighted by atomic mass is 31.2. The molecule has 0 aliphatic rings. The van der Waals surface area contributed by atoms with Crippen LogP contribution in [0.1, 0.15) is 79.1 Å². The van der Waals surface area contributed by atoms with Crippen molar-refractivity contribution in [2.75, 3.05) is 12.3 Å². The number of hydrogen-bond acceptors (Lipinski definition) is 1. The molecule has 0 aromatic rings. The van der Waals surface area contributed by atoms with Crippen LogP contribution >= 0.6 is 7.37 Å². The monoisotopic (exact) mass is 290 g/mol. The maximum absolute atomic E-state index is 12.4. The maximum Gasteiger partial charge on any atom is 0.201 e. The summed E-state index contributed by atoms with van der Waals surface area (Å²) in [6.07, 6.45) is 10.1. The molecule has 0 aromatic heterocycles. The Labute approximate surface area is 120 Å². The topological polar surface area (TPSA) is 37.3 Å². The Kier molecular flexibility index (Phi) is 11.0. The van der Waals surface area contributed by atoms with Crippen molar-refractivity contribution in [3.63, 3.8) is 0 Å². The van der Waals surface area contributed by atoms with Crippen LogP contribution in [0.4, 0.5) is 0 Å². The minimum Gasteiger partial charge on any atom is -0.344 e. The quantitative estimate of drug-likeness (QED) is 0.469. The molecule has 0 rings (SSSR count). The van der Waals surface area contributed by atoms with E-state index in [-0.39, 0.29) is 0 Å². The maximum atomic E-state index is 12.4. The lowest BCUT2D eigenvalue weighted by atomic mass is 10.0. The molecule has 116 valence electrons. The Morgan fingerprint density at radius 3 is 1.47 bits per heavy atom. The molecule has 2 unspecified atom stereocenters. The van der Waals surface area contributed by atoms with Crippen molar-refractivity contribution in [1.29, 1.82) is 0 Å². The Morgan fingerprint density at radius 1 is 0.842 bits per heavy atom. The van der Waals surface area contributed by atoms with E-state index in [0.29, 0.717) is 24.2 Å². The van der Waals surface area contributed by atoms with Gasteiger partial charge in [0.2, 0.25) is 7.37 Å². The average Bonchev–Trinajstić information content (AvgIpc) is 2.39.